The third-order valence-corrected chi connectivity index (χ3v) is 8.29. The van der Waals surface area contributed by atoms with Crippen molar-refractivity contribution >= 4 is 22.6 Å². The average molecular weight is 465 g/mol. The topological polar surface area (TPSA) is 129 Å². The van der Waals surface area contributed by atoms with Crippen molar-refractivity contribution < 1.29 is 19.2 Å². The van der Waals surface area contributed by atoms with Gasteiger partial charge >= 0.3 is 11.8 Å². The predicted octanol–water partition coefficient (Wildman–Crippen LogP) is 2.44. The lowest BCUT2D eigenvalue weighted by molar-refractivity contribution is -0.129. The van der Waals surface area contributed by atoms with Crippen LogP contribution < -0.4 is 5.32 Å². The molecule has 0 radical (unpaired) electrons. The Bertz CT molecular complexity index is 1230. The van der Waals surface area contributed by atoms with Crippen LogP contribution >= 0.6 is 0 Å². The maximum absolute atomic E-state index is 12.8. The summed E-state index contributed by atoms with van der Waals surface area (Å²) >= 11 is 0. The zero-order valence-electron chi connectivity index (χ0n) is 18.9. The molecule has 4 bridgehead atoms. The number of pyridine rings is 1. The average Bonchev–Trinajstić information content (AvgIpc) is 3.50. The van der Waals surface area contributed by atoms with Crippen LogP contribution in [0.2, 0.25) is 0 Å². The number of nitrogens with one attached hydrogen (secondary N) is 2. The highest BCUT2D eigenvalue weighted by Gasteiger charge is 2.54. The number of carbonyl (C=O) groups is 1. The molecule has 4 heterocycles. The molecular formula is C24H28N6O4. The summed E-state index contributed by atoms with van der Waals surface area (Å²) in [5, 5.41) is 19.9. The lowest BCUT2D eigenvalue weighted by Gasteiger charge is -2.58. The zero-order chi connectivity index (χ0) is 22.9. The molecule has 1 amide bonds. The number of aliphatic hydroxyl groups is 1. The largest absolute Gasteiger partial charge is 0.390 e. The first-order chi connectivity index (χ1) is 16.6. The Balaban J connectivity index is 1.23. The minimum Gasteiger partial charge on any atom is -0.390 e. The van der Waals surface area contributed by atoms with Gasteiger partial charge in [0.2, 0.25) is 5.82 Å². The van der Waals surface area contributed by atoms with Crippen LogP contribution in [0, 0.1) is 17.8 Å². The number of carbonyl (C=O) groups excluding carboxylic acids is 1. The molecule has 4 aliphatic carbocycles. The van der Waals surface area contributed by atoms with Gasteiger partial charge in [0.15, 0.2) is 0 Å². The molecule has 0 aromatic carbocycles. The summed E-state index contributed by atoms with van der Waals surface area (Å²) in [7, 11) is 0. The summed E-state index contributed by atoms with van der Waals surface area (Å²) in [4.78, 5) is 26.7. The number of H-pyrrole nitrogens is 1. The fourth-order valence-corrected chi connectivity index (χ4v) is 7.04. The molecule has 5 atom stereocenters. The molecule has 3 unspecified atom stereocenters. The van der Waals surface area contributed by atoms with E-state index < -0.39 is 5.60 Å². The standard InChI is InChI=1S/C24H28N6O4/c31-23(30-3-5-33-6-4-30)22-28-21(29-34-22)17-12-26-20-16(1-2-25-20)19(17)27-18-14-7-13-8-15(18)11-24(32,9-13)10-14/h1-2,12-15,18,32H,3-11H2,(H2,25,26,27)/t13?,14-,15+,18?,24?. The molecule has 4 saturated carbocycles. The van der Waals surface area contributed by atoms with Crippen LogP contribution in [0.25, 0.3) is 22.4 Å². The number of aromatic amines is 1. The quantitative estimate of drug-likeness (QED) is 0.537. The van der Waals surface area contributed by atoms with Gasteiger partial charge < -0.3 is 29.6 Å². The van der Waals surface area contributed by atoms with Crippen molar-refractivity contribution in [2.24, 2.45) is 17.8 Å². The van der Waals surface area contributed by atoms with Gasteiger partial charge in [-0.15, -0.1) is 0 Å². The molecule has 10 nitrogen and oxygen atoms in total. The predicted molar refractivity (Wildman–Crippen MR) is 122 cm³/mol. The van der Waals surface area contributed by atoms with E-state index in [1.807, 2.05) is 12.3 Å². The van der Waals surface area contributed by atoms with Gasteiger partial charge in [-0.3, -0.25) is 4.79 Å². The van der Waals surface area contributed by atoms with E-state index in [1.165, 1.54) is 0 Å². The fourth-order valence-electron chi connectivity index (χ4n) is 7.04. The van der Waals surface area contributed by atoms with E-state index in [2.05, 4.69) is 25.4 Å². The second-order valence-corrected chi connectivity index (χ2v) is 10.5. The molecule has 3 aromatic heterocycles. The van der Waals surface area contributed by atoms with Crippen molar-refractivity contribution in [1.82, 2.24) is 25.0 Å². The van der Waals surface area contributed by atoms with Crippen LogP contribution in [-0.2, 0) is 4.74 Å². The summed E-state index contributed by atoms with van der Waals surface area (Å²) in [5.74, 6) is 1.56. The van der Waals surface area contributed by atoms with Crippen molar-refractivity contribution in [2.45, 2.75) is 43.7 Å². The number of amides is 1. The first-order valence-corrected chi connectivity index (χ1v) is 12.2. The van der Waals surface area contributed by atoms with Crippen LogP contribution in [-0.4, -0.2) is 74.0 Å². The molecule has 8 rings (SSSR count). The molecule has 5 fully saturated rings. The van der Waals surface area contributed by atoms with E-state index in [4.69, 9.17) is 9.26 Å². The molecule has 3 aromatic rings. The van der Waals surface area contributed by atoms with Crippen molar-refractivity contribution in [3.05, 3.63) is 24.4 Å². The van der Waals surface area contributed by atoms with Gasteiger partial charge in [-0.05, 0) is 55.9 Å². The molecule has 10 heteroatoms. The number of morpholine rings is 1. The molecular weight excluding hydrogens is 436 g/mol. The Morgan fingerprint density at radius 3 is 2.76 bits per heavy atom. The highest BCUT2D eigenvalue weighted by Crippen LogP contribution is 2.56. The van der Waals surface area contributed by atoms with Crippen LogP contribution in [0.5, 0.6) is 0 Å². The minimum atomic E-state index is -0.485. The first-order valence-electron chi connectivity index (χ1n) is 12.2. The molecule has 178 valence electrons. The van der Waals surface area contributed by atoms with Crippen LogP contribution in [0.15, 0.2) is 23.0 Å². The van der Waals surface area contributed by atoms with Gasteiger partial charge in [0.25, 0.3) is 0 Å². The van der Waals surface area contributed by atoms with Gasteiger partial charge in [0, 0.05) is 36.9 Å². The van der Waals surface area contributed by atoms with E-state index in [1.54, 1.807) is 11.1 Å². The summed E-state index contributed by atoms with van der Waals surface area (Å²) in [6, 6.07) is 2.27. The number of rotatable bonds is 4. The number of anilines is 1. The summed E-state index contributed by atoms with van der Waals surface area (Å²) in [6.45, 7) is 2.04. The normalized spacial score (nSPS) is 32.4. The van der Waals surface area contributed by atoms with Crippen LogP contribution in [0.1, 0.15) is 42.8 Å². The zero-order valence-corrected chi connectivity index (χ0v) is 18.9. The van der Waals surface area contributed by atoms with E-state index in [-0.39, 0.29) is 17.8 Å². The van der Waals surface area contributed by atoms with Gasteiger partial charge in [-0.2, -0.15) is 4.98 Å². The molecule has 1 aliphatic heterocycles. The minimum absolute atomic E-state index is 0.0196. The summed E-state index contributed by atoms with van der Waals surface area (Å²) < 4.78 is 10.7. The maximum Gasteiger partial charge on any atom is 0.316 e. The number of ether oxygens (including phenoxy) is 1. The molecule has 0 spiro atoms. The second kappa shape index (κ2) is 7.51. The van der Waals surface area contributed by atoms with E-state index in [0.717, 1.165) is 48.8 Å². The number of nitrogens with zero attached hydrogens (tertiary/aromatic N) is 4. The SMILES string of the molecule is O=C(c1nc(-c2cnc3[nH]ccc3c2NC2[C@@H]3CC4C[C@H]2CC(O)(C4)C3)no1)N1CCOCC1. The van der Waals surface area contributed by atoms with E-state index in [9.17, 15) is 9.90 Å². The van der Waals surface area contributed by atoms with Gasteiger partial charge in [0.05, 0.1) is 30.1 Å². The third-order valence-electron chi connectivity index (χ3n) is 8.29. The van der Waals surface area contributed by atoms with Crippen molar-refractivity contribution in [2.75, 3.05) is 31.6 Å². The van der Waals surface area contributed by atoms with Gasteiger partial charge in [-0.25, -0.2) is 4.98 Å². The first kappa shape index (κ1) is 20.4. The smallest absolute Gasteiger partial charge is 0.316 e. The number of fused-ring (bicyclic) bond motifs is 1. The van der Waals surface area contributed by atoms with E-state index >= 15 is 0 Å². The summed E-state index contributed by atoms with van der Waals surface area (Å²) in [5.41, 5.74) is 1.91. The van der Waals surface area contributed by atoms with Crippen molar-refractivity contribution in [3.8, 4) is 11.4 Å². The number of hydrogen-bond acceptors (Lipinski definition) is 8. The monoisotopic (exact) mass is 464 g/mol. The highest BCUT2D eigenvalue weighted by molar-refractivity contribution is 5.97. The third kappa shape index (κ3) is 3.23. The lowest BCUT2D eigenvalue weighted by atomic mass is 9.52. The molecule has 34 heavy (non-hydrogen) atoms. The Labute approximate surface area is 196 Å². The molecule has 3 N–H and O–H groups in total. The highest BCUT2D eigenvalue weighted by atomic mass is 16.5. The maximum atomic E-state index is 12.8. The van der Waals surface area contributed by atoms with Crippen molar-refractivity contribution in [3.63, 3.8) is 0 Å². The van der Waals surface area contributed by atoms with Gasteiger partial charge in [0.1, 0.15) is 5.65 Å². The molecule has 5 aliphatic rings. The Hall–Kier alpha value is -2.98. The Morgan fingerprint density at radius 2 is 2.00 bits per heavy atom. The number of aromatic nitrogens is 4. The van der Waals surface area contributed by atoms with E-state index in [0.29, 0.717) is 55.4 Å². The fraction of sp³-hybridized carbons (Fsp3) is 0.583. The number of hydrogen-bond donors (Lipinski definition) is 3. The second-order valence-electron chi connectivity index (χ2n) is 10.5. The van der Waals surface area contributed by atoms with Crippen molar-refractivity contribution in [1.29, 1.82) is 0 Å². The molecule has 1 saturated heterocycles. The lowest BCUT2D eigenvalue weighted by Crippen LogP contribution is -2.59. The Kier molecular flexibility index (Phi) is 4.51. The van der Waals surface area contributed by atoms with Crippen LogP contribution in [0.3, 0.4) is 0 Å². The van der Waals surface area contributed by atoms with Gasteiger partial charge in [-0.1, -0.05) is 5.16 Å². The summed E-state index contributed by atoms with van der Waals surface area (Å²) in [6.07, 6.45) is 8.59. The Morgan fingerprint density at radius 1 is 1.21 bits per heavy atom. The van der Waals surface area contributed by atoms with Crippen LogP contribution in [0.4, 0.5) is 5.69 Å².